The molecule has 0 saturated carbocycles. The van der Waals surface area contributed by atoms with Crippen molar-refractivity contribution >= 4 is 32.0 Å². The normalized spacial score (nSPS) is 25.3. The van der Waals surface area contributed by atoms with Gasteiger partial charge in [0.25, 0.3) is 0 Å². The van der Waals surface area contributed by atoms with Gasteiger partial charge in [-0.05, 0) is 17.7 Å². The highest BCUT2D eigenvalue weighted by atomic mass is 79.9. The number of benzene rings is 1. The molecule has 0 aromatic heterocycles. The summed E-state index contributed by atoms with van der Waals surface area (Å²) in [5.74, 6) is -0.141. The minimum atomic E-state index is -3.09. The first-order valence-corrected chi connectivity index (χ1v) is 8.95. The van der Waals surface area contributed by atoms with Crippen LogP contribution in [0.3, 0.4) is 0 Å². The molecule has 1 heterocycles. The number of rotatable bonds is 5. The van der Waals surface area contributed by atoms with Gasteiger partial charge in [0.05, 0.1) is 24.2 Å². The van der Waals surface area contributed by atoms with Crippen LogP contribution in [0.4, 0.5) is 0 Å². The molecular weight excluding hydrogens is 344 g/mol. The zero-order chi connectivity index (χ0) is 14.6. The first-order valence-electron chi connectivity index (χ1n) is 6.33. The second-order valence-electron chi connectivity index (χ2n) is 4.79. The summed E-state index contributed by atoms with van der Waals surface area (Å²) in [4.78, 5) is 4.26. The lowest BCUT2D eigenvalue weighted by Gasteiger charge is -2.13. The summed E-state index contributed by atoms with van der Waals surface area (Å²) in [6.07, 6.45) is 0.964. The third-order valence-electron chi connectivity index (χ3n) is 3.08. The minimum Gasteiger partial charge on any atom is -0.390 e. The van der Waals surface area contributed by atoms with E-state index in [1.807, 2.05) is 24.3 Å². The lowest BCUT2D eigenvalue weighted by Crippen LogP contribution is -2.40. The lowest BCUT2D eigenvalue weighted by molar-refractivity contribution is 0.167. The number of aliphatic imine (C=N–C) groups is 1. The fourth-order valence-corrected chi connectivity index (χ4v) is 4.10. The van der Waals surface area contributed by atoms with Crippen LogP contribution in [-0.2, 0) is 9.84 Å². The molecule has 1 fully saturated rings. The molecule has 2 rings (SSSR count). The molecule has 7 heteroatoms. The molecule has 1 aromatic rings. The minimum absolute atomic E-state index is 0.00456. The number of hydrogen-bond acceptors (Lipinski definition) is 5. The molecule has 2 N–H and O–H groups in total. The molecule has 1 saturated heterocycles. The Balaban J connectivity index is 1.73. The van der Waals surface area contributed by atoms with Gasteiger partial charge in [0, 0.05) is 23.3 Å². The van der Waals surface area contributed by atoms with Crippen LogP contribution in [0.1, 0.15) is 5.56 Å². The van der Waals surface area contributed by atoms with Gasteiger partial charge in [-0.1, -0.05) is 28.1 Å². The highest BCUT2D eigenvalue weighted by Gasteiger charge is 2.35. The maximum atomic E-state index is 11.3. The summed E-state index contributed by atoms with van der Waals surface area (Å²) in [6.45, 7) is 1.09. The highest BCUT2D eigenvalue weighted by molar-refractivity contribution is 9.10. The quantitative estimate of drug-likeness (QED) is 0.595. The number of aliphatic hydroxyl groups excluding tert-OH is 1. The van der Waals surface area contributed by atoms with E-state index >= 15 is 0 Å². The van der Waals surface area contributed by atoms with Gasteiger partial charge in [-0.2, -0.15) is 0 Å². The predicted octanol–water partition coefficient (Wildman–Crippen LogP) is 0.616. The second-order valence-corrected chi connectivity index (χ2v) is 7.86. The maximum Gasteiger partial charge on any atom is 0.154 e. The third kappa shape index (κ3) is 4.66. The molecule has 2 atom stereocenters. The van der Waals surface area contributed by atoms with E-state index in [0.29, 0.717) is 13.1 Å². The number of nitrogens with zero attached hydrogens (tertiary/aromatic N) is 1. The fourth-order valence-electron chi connectivity index (χ4n) is 2.06. The zero-order valence-electron chi connectivity index (χ0n) is 10.9. The van der Waals surface area contributed by atoms with Crippen molar-refractivity contribution in [3.63, 3.8) is 0 Å². The molecule has 0 amide bonds. The van der Waals surface area contributed by atoms with Crippen LogP contribution in [-0.4, -0.2) is 56.5 Å². The Bertz CT molecular complexity index is 572. The van der Waals surface area contributed by atoms with Gasteiger partial charge in [0.1, 0.15) is 0 Å². The van der Waals surface area contributed by atoms with Crippen LogP contribution in [0, 0.1) is 0 Å². The molecule has 1 aliphatic heterocycles. The molecule has 1 aromatic carbocycles. The molecule has 20 heavy (non-hydrogen) atoms. The molecule has 0 radical (unpaired) electrons. The van der Waals surface area contributed by atoms with Crippen molar-refractivity contribution in [2.45, 2.75) is 12.1 Å². The standard InChI is InChI=1S/C13H17BrN2O3S/c14-11-3-1-10(2-4-11)7-15-5-6-16-12-8-20(18,19)9-13(12)17/h1-4,7,12-13,16-17H,5-6,8-9H2/t12-,13+/m1/s1. The number of sulfone groups is 1. The van der Waals surface area contributed by atoms with Gasteiger partial charge in [-0.15, -0.1) is 0 Å². The van der Waals surface area contributed by atoms with Crippen molar-refractivity contribution in [2.24, 2.45) is 4.99 Å². The third-order valence-corrected chi connectivity index (χ3v) is 5.33. The van der Waals surface area contributed by atoms with E-state index in [9.17, 15) is 13.5 Å². The van der Waals surface area contributed by atoms with Crippen molar-refractivity contribution < 1.29 is 13.5 Å². The summed E-state index contributed by atoms with van der Waals surface area (Å²) in [5, 5.41) is 12.6. The van der Waals surface area contributed by atoms with Crippen molar-refractivity contribution in [3.8, 4) is 0 Å². The average Bonchev–Trinajstić information content (AvgIpc) is 2.64. The zero-order valence-corrected chi connectivity index (χ0v) is 13.3. The summed E-state index contributed by atoms with van der Waals surface area (Å²) < 4.78 is 23.7. The first kappa shape index (κ1) is 15.6. The van der Waals surface area contributed by atoms with Crippen LogP contribution in [0.5, 0.6) is 0 Å². The molecule has 0 bridgehead atoms. The average molecular weight is 361 g/mol. The van der Waals surface area contributed by atoms with Gasteiger partial charge in [-0.3, -0.25) is 4.99 Å². The van der Waals surface area contributed by atoms with Gasteiger partial charge in [0.15, 0.2) is 9.84 Å². The van der Waals surface area contributed by atoms with E-state index in [1.165, 1.54) is 0 Å². The van der Waals surface area contributed by atoms with E-state index in [0.717, 1.165) is 10.0 Å². The predicted molar refractivity (Wildman–Crippen MR) is 83.1 cm³/mol. The Morgan fingerprint density at radius 1 is 1.35 bits per heavy atom. The maximum absolute atomic E-state index is 11.3. The Morgan fingerprint density at radius 2 is 2.05 bits per heavy atom. The monoisotopic (exact) mass is 360 g/mol. The van der Waals surface area contributed by atoms with E-state index in [4.69, 9.17) is 0 Å². The van der Waals surface area contributed by atoms with Gasteiger partial charge in [0.2, 0.25) is 0 Å². The molecule has 110 valence electrons. The Hall–Kier alpha value is -0.760. The summed E-state index contributed by atoms with van der Waals surface area (Å²) in [5.41, 5.74) is 1.01. The molecule has 0 aliphatic carbocycles. The largest absolute Gasteiger partial charge is 0.390 e. The molecular formula is C13H17BrN2O3S. The van der Waals surface area contributed by atoms with E-state index in [2.05, 4.69) is 26.2 Å². The van der Waals surface area contributed by atoms with E-state index in [-0.39, 0.29) is 17.5 Å². The Morgan fingerprint density at radius 3 is 2.65 bits per heavy atom. The molecule has 1 aliphatic rings. The SMILES string of the molecule is O=S1(=O)C[C@H](O)[C@H](NCCN=Cc2ccc(Br)cc2)C1. The van der Waals surface area contributed by atoms with Gasteiger partial charge in [-0.25, -0.2) is 8.42 Å². The van der Waals surface area contributed by atoms with Crippen LogP contribution in [0.15, 0.2) is 33.7 Å². The molecule has 5 nitrogen and oxygen atoms in total. The van der Waals surface area contributed by atoms with Crippen molar-refractivity contribution in [2.75, 3.05) is 24.6 Å². The lowest BCUT2D eigenvalue weighted by atomic mass is 10.2. The van der Waals surface area contributed by atoms with Crippen LogP contribution >= 0.6 is 15.9 Å². The number of aliphatic hydroxyl groups is 1. The Kier molecular flexibility index (Phi) is 5.31. The summed E-state index contributed by atoms with van der Waals surface area (Å²) in [7, 11) is -3.09. The smallest absolute Gasteiger partial charge is 0.154 e. The van der Waals surface area contributed by atoms with E-state index in [1.54, 1.807) is 6.21 Å². The van der Waals surface area contributed by atoms with Gasteiger partial charge >= 0.3 is 0 Å². The van der Waals surface area contributed by atoms with Crippen molar-refractivity contribution in [3.05, 3.63) is 34.3 Å². The molecule has 0 spiro atoms. The Labute approximate surface area is 127 Å². The summed E-state index contributed by atoms with van der Waals surface area (Å²) >= 11 is 3.36. The fraction of sp³-hybridized carbons (Fsp3) is 0.462. The number of nitrogens with one attached hydrogen (secondary N) is 1. The van der Waals surface area contributed by atoms with Crippen LogP contribution < -0.4 is 5.32 Å². The van der Waals surface area contributed by atoms with Crippen molar-refractivity contribution in [1.82, 2.24) is 5.32 Å². The topological polar surface area (TPSA) is 78.8 Å². The highest BCUT2D eigenvalue weighted by Crippen LogP contribution is 2.12. The number of hydrogen-bond donors (Lipinski definition) is 2. The summed E-state index contributed by atoms with van der Waals surface area (Å²) in [6, 6.07) is 7.42. The number of halogens is 1. The van der Waals surface area contributed by atoms with E-state index < -0.39 is 15.9 Å². The van der Waals surface area contributed by atoms with Crippen LogP contribution in [0.25, 0.3) is 0 Å². The van der Waals surface area contributed by atoms with Crippen LogP contribution in [0.2, 0.25) is 0 Å². The second kappa shape index (κ2) is 6.80. The first-order chi connectivity index (χ1) is 9.46. The van der Waals surface area contributed by atoms with Crippen molar-refractivity contribution in [1.29, 1.82) is 0 Å². The molecule has 0 unspecified atom stereocenters. The van der Waals surface area contributed by atoms with Gasteiger partial charge < -0.3 is 10.4 Å².